The molecule has 3 N–H and O–H groups in total. The third-order valence-electron chi connectivity index (χ3n) is 5.45. The SMILES string of the molecule is C=CN(CCn1cc2c(n1)c(N)nc1cc(-c3ccn[nH]3)ccc12)Cc1ccccc1. The van der Waals surface area contributed by atoms with Crippen LogP contribution >= 0.6 is 0 Å². The Balaban J connectivity index is 1.41. The molecule has 7 nitrogen and oxygen atoms in total. The molecule has 0 saturated heterocycles. The maximum Gasteiger partial charge on any atom is 0.152 e. The summed E-state index contributed by atoms with van der Waals surface area (Å²) in [5.41, 5.74) is 11.0. The molecule has 0 fully saturated rings. The molecule has 7 heteroatoms. The van der Waals surface area contributed by atoms with Crippen molar-refractivity contribution in [1.82, 2.24) is 29.9 Å². The van der Waals surface area contributed by atoms with Gasteiger partial charge in [-0.3, -0.25) is 9.78 Å². The zero-order valence-electron chi connectivity index (χ0n) is 17.1. The van der Waals surface area contributed by atoms with Gasteiger partial charge in [0.1, 0.15) is 5.52 Å². The predicted molar refractivity (Wildman–Crippen MR) is 124 cm³/mol. The number of H-pyrrole nitrogens is 1. The van der Waals surface area contributed by atoms with Gasteiger partial charge >= 0.3 is 0 Å². The molecule has 0 spiro atoms. The zero-order chi connectivity index (χ0) is 21.2. The summed E-state index contributed by atoms with van der Waals surface area (Å²) >= 11 is 0. The lowest BCUT2D eigenvalue weighted by molar-refractivity contribution is 0.343. The second-order valence-corrected chi connectivity index (χ2v) is 7.49. The molecular formula is C24H23N7. The Morgan fingerprint density at radius 2 is 1.97 bits per heavy atom. The van der Waals surface area contributed by atoms with Gasteiger partial charge in [-0.1, -0.05) is 49.0 Å². The smallest absolute Gasteiger partial charge is 0.152 e. The van der Waals surface area contributed by atoms with Crippen molar-refractivity contribution in [3.63, 3.8) is 0 Å². The molecule has 0 atom stereocenters. The van der Waals surface area contributed by atoms with Gasteiger partial charge in [0.2, 0.25) is 0 Å². The number of aromatic nitrogens is 5. The fraction of sp³-hybridized carbons (Fsp3) is 0.125. The van der Waals surface area contributed by atoms with Crippen LogP contribution in [0, 0.1) is 0 Å². The number of nitrogens with zero attached hydrogens (tertiary/aromatic N) is 5. The predicted octanol–water partition coefficient (Wildman–Crippen LogP) is 4.20. The molecule has 3 heterocycles. The van der Waals surface area contributed by atoms with Crippen LogP contribution in [0.15, 0.2) is 79.8 Å². The van der Waals surface area contributed by atoms with Crippen molar-refractivity contribution in [2.24, 2.45) is 0 Å². The van der Waals surface area contributed by atoms with Gasteiger partial charge in [-0.05, 0) is 23.9 Å². The molecule has 0 unspecified atom stereocenters. The molecule has 0 aliphatic carbocycles. The highest BCUT2D eigenvalue weighted by molar-refractivity contribution is 6.08. The third kappa shape index (κ3) is 3.73. The van der Waals surface area contributed by atoms with E-state index < -0.39 is 0 Å². The fourth-order valence-corrected chi connectivity index (χ4v) is 3.82. The molecule has 31 heavy (non-hydrogen) atoms. The lowest BCUT2D eigenvalue weighted by Gasteiger charge is -2.19. The topological polar surface area (TPSA) is 88.7 Å². The largest absolute Gasteiger partial charge is 0.382 e. The Morgan fingerprint density at radius 3 is 2.74 bits per heavy atom. The number of nitrogens with two attached hydrogens (primary N) is 1. The van der Waals surface area contributed by atoms with Crippen molar-refractivity contribution in [3.05, 3.63) is 85.3 Å². The van der Waals surface area contributed by atoms with Crippen LogP contribution in [-0.4, -0.2) is 36.4 Å². The Kier molecular flexibility index (Phi) is 4.84. The number of nitrogens with one attached hydrogen (secondary N) is 1. The van der Waals surface area contributed by atoms with Gasteiger partial charge in [0.05, 0.1) is 17.8 Å². The first kappa shape index (κ1) is 18.9. The Morgan fingerprint density at radius 1 is 1.10 bits per heavy atom. The van der Waals surface area contributed by atoms with Gasteiger partial charge in [0.25, 0.3) is 0 Å². The number of fused-ring (bicyclic) bond motifs is 3. The van der Waals surface area contributed by atoms with E-state index in [1.165, 1.54) is 5.56 Å². The van der Waals surface area contributed by atoms with Crippen LogP contribution in [-0.2, 0) is 13.1 Å². The first-order chi connectivity index (χ1) is 15.2. The molecule has 2 aromatic carbocycles. The van der Waals surface area contributed by atoms with Crippen molar-refractivity contribution in [2.75, 3.05) is 12.3 Å². The Bertz CT molecular complexity index is 1340. The molecule has 0 amide bonds. The molecule has 0 bridgehead atoms. The highest BCUT2D eigenvalue weighted by atomic mass is 15.3. The minimum Gasteiger partial charge on any atom is -0.382 e. The highest BCUT2D eigenvalue weighted by Crippen LogP contribution is 2.29. The summed E-state index contributed by atoms with van der Waals surface area (Å²) in [5.74, 6) is 0.438. The van der Waals surface area contributed by atoms with Gasteiger partial charge in [-0.25, -0.2) is 4.98 Å². The molecule has 5 rings (SSSR count). The zero-order valence-corrected chi connectivity index (χ0v) is 17.1. The summed E-state index contributed by atoms with van der Waals surface area (Å²) in [7, 11) is 0. The lowest BCUT2D eigenvalue weighted by atomic mass is 10.1. The van der Waals surface area contributed by atoms with E-state index in [0.29, 0.717) is 5.82 Å². The molecule has 0 aliphatic rings. The average molecular weight is 409 g/mol. The number of hydrogen-bond donors (Lipinski definition) is 2. The second-order valence-electron chi connectivity index (χ2n) is 7.49. The minimum absolute atomic E-state index is 0.438. The van der Waals surface area contributed by atoms with Crippen molar-refractivity contribution >= 4 is 27.6 Å². The summed E-state index contributed by atoms with van der Waals surface area (Å²) in [6.45, 7) is 6.29. The van der Waals surface area contributed by atoms with E-state index in [1.54, 1.807) is 6.20 Å². The monoisotopic (exact) mass is 409 g/mol. The number of nitrogen functional groups attached to an aromatic ring is 1. The van der Waals surface area contributed by atoms with Crippen LogP contribution in [0.5, 0.6) is 0 Å². The van der Waals surface area contributed by atoms with E-state index in [1.807, 2.05) is 29.1 Å². The average Bonchev–Trinajstić information content (AvgIpc) is 3.48. The van der Waals surface area contributed by atoms with Crippen molar-refractivity contribution in [3.8, 4) is 11.3 Å². The van der Waals surface area contributed by atoms with Crippen molar-refractivity contribution in [1.29, 1.82) is 0 Å². The van der Waals surface area contributed by atoms with E-state index in [4.69, 9.17) is 10.8 Å². The summed E-state index contributed by atoms with van der Waals surface area (Å²) in [5, 5.41) is 13.7. The fourth-order valence-electron chi connectivity index (χ4n) is 3.82. The van der Waals surface area contributed by atoms with Crippen LogP contribution < -0.4 is 5.73 Å². The summed E-state index contributed by atoms with van der Waals surface area (Å²) in [6.07, 6.45) is 5.66. The first-order valence-electron chi connectivity index (χ1n) is 10.2. The van der Waals surface area contributed by atoms with Gasteiger partial charge in [0, 0.05) is 41.8 Å². The third-order valence-corrected chi connectivity index (χ3v) is 5.45. The summed E-state index contributed by atoms with van der Waals surface area (Å²) in [6, 6.07) is 18.4. The minimum atomic E-state index is 0.438. The van der Waals surface area contributed by atoms with E-state index in [-0.39, 0.29) is 0 Å². The summed E-state index contributed by atoms with van der Waals surface area (Å²) in [4.78, 5) is 6.77. The molecule has 5 aromatic rings. The highest BCUT2D eigenvalue weighted by Gasteiger charge is 2.12. The second kappa shape index (κ2) is 7.95. The van der Waals surface area contributed by atoms with E-state index in [0.717, 1.165) is 52.7 Å². The summed E-state index contributed by atoms with van der Waals surface area (Å²) < 4.78 is 1.94. The Hall–Kier alpha value is -4.13. The van der Waals surface area contributed by atoms with Crippen LogP contribution in [0.25, 0.3) is 33.1 Å². The van der Waals surface area contributed by atoms with Gasteiger partial charge in [-0.2, -0.15) is 10.2 Å². The van der Waals surface area contributed by atoms with Gasteiger partial charge in [0.15, 0.2) is 5.82 Å². The van der Waals surface area contributed by atoms with Crippen LogP contribution in [0.4, 0.5) is 5.82 Å². The molecule has 0 aliphatic heterocycles. The number of aromatic amines is 1. The van der Waals surface area contributed by atoms with Gasteiger partial charge in [-0.15, -0.1) is 0 Å². The normalized spacial score (nSPS) is 11.2. The molecule has 154 valence electrons. The number of anilines is 1. The van der Waals surface area contributed by atoms with E-state index in [9.17, 15) is 0 Å². The first-order valence-corrected chi connectivity index (χ1v) is 10.2. The standard InChI is InChI=1S/C24H23N7/c1-2-30(15-17-6-4-3-5-7-17)12-13-31-16-20-19-9-8-18(21-10-11-26-28-21)14-22(19)27-24(25)23(20)29-31/h2-11,14,16H,1,12-13,15H2,(H2,25,27)(H,26,28). The number of rotatable bonds is 7. The maximum absolute atomic E-state index is 6.26. The van der Waals surface area contributed by atoms with Crippen LogP contribution in [0.2, 0.25) is 0 Å². The van der Waals surface area contributed by atoms with Crippen LogP contribution in [0.3, 0.4) is 0 Å². The Labute approximate surface area is 179 Å². The van der Waals surface area contributed by atoms with Crippen LogP contribution in [0.1, 0.15) is 5.56 Å². The molecular weight excluding hydrogens is 386 g/mol. The quantitative estimate of drug-likeness (QED) is 0.420. The van der Waals surface area contributed by atoms with Gasteiger partial charge < -0.3 is 10.6 Å². The maximum atomic E-state index is 6.26. The molecule has 0 saturated carbocycles. The number of pyridine rings is 1. The number of hydrogen-bond acceptors (Lipinski definition) is 5. The molecule has 3 aromatic heterocycles. The van der Waals surface area contributed by atoms with E-state index >= 15 is 0 Å². The van der Waals surface area contributed by atoms with Crippen molar-refractivity contribution < 1.29 is 0 Å². The lowest BCUT2D eigenvalue weighted by Crippen LogP contribution is -2.21. The molecule has 0 radical (unpaired) electrons. The van der Waals surface area contributed by atoms with Crippen molar-refractivity contribution in [2.45, 2.75) is 13.1 Å². The number of benzene rings is 2. The van der Waals surface area contributed by atoms with E-state index in [2.05, 4.69) is 69.3 Å².